The zero-order valence-corrected chi connectivity index (χ0v) is 9.10. The molecule has 0 aliphatic rings. The standard InChI is InChI=1S/C11H13ClO2/c1-3-10(13)7-14-11-6-9(12)5-4-8(11)2/h4-6H,3,7H2,1-2H3. The van der Waals surface area contributed by atoms with E-state index < -0.39 is 0 Å². The van der Waals surface area contributed by atoms with E-state index in [0.29, 0.717) is 17.2 Å². The van der Waals surface area contributed by atoms with Crippen LogP contribution in [0.25, 0.3) is 0 Å². The highest BCUT2D eigenvalue weighted by Crippen LogP contribution is 2.22. The van der Waals surface area contributed by atoms with Gasteiger partial charge in [-0.2, -0.15) is 0 Å². The fourth-order valence-electron chi connectivity index (χ4n) is 0.990. The Morgan fingerprint density at radius 3 is 2.86 bits per heavy atom. The summed E-state index contributed by atoms with van der Waals surface area (Å²) in [5, 5.41) is 0.620. The normalized spacial score (nSPS) is 9.93. The van der Waals surface area contributed by atoms with E-state index in [2.05, 4.69) is 0 Å². The number of ether oxygens (including phenoxy) is 1. The number of Topliss-reactive ketones (excluding diaryl/α,β-unsaturated/α-hetero) is 1. The molecule has 0 saturated carbocycles. The van der Waals surface area contributed by atoms with Crippen LogP contribution in [0.1, 0.15) is 18.9 Å². The average Bonchev–Trinajstić information content (AvgIpc) is 2.19. The molecule has 0 bridgehead atoms. The van der Waals surface area contributed by atoms with Crippen LogP contribution < -0.4 is 4.74 Å². The molecule has 0 aliphatic carbocycles. The minimum Gasteiger partial charge on any atom is -0.486 e. The minimum absolute atomic E-state index is 0.0874. The van der Waals surface area contributed by atoms with Gasteiger partial charge in [-0.25, -0.2) is 0 Å². The van der Waals surface area contributed by atoms with Crippen LogP contribution in [0.2, 0.25) is 5.02 Å². The molecule has 0 unspecified atom stereocenters. The first-order valence-electron chi connectivity index (χ1n) is 4.54. The zero-order valence-electron chi connectivity index (χ0n) is 8.34. The summed E-state index contributed by atoms with van der Waals surface area (Å²) < 4.78 is 5.34. The number of rotatable bonds is 4. The van der Waals surface area contributed by atoms with Gasteiger partial charge in [-0.05, 0) is 24.6 Å². The summed E-state index contributed by atoms with van der Waals surface area (Å²) in [6, 6.07) is 5.39. The van der Waals surface area contributed by atoms with Gasteiger partial charge in [0.15, 0.2) is 5.78 Å². The van der Waals surface area contributed by atoms with Gasteiger partial charge < -0.3 is 4.74 Å². The Kier molecular flexibility index (Phi) is 3.96. The third-order valence-corrected chi connectivity index (χ3v) is 2.17. The molecular formula is C11H13ClO2. The van der Waals surface area contributed by atoms with E-state index in [0.717, 1.165) is 5.56 Å². The molecule has 0 atom stereocenters. The highest BCUT2D eigenvalue weighted by Gasteiger charge is 2.03. The smallest absolute Gasteiger partial charge is 0.169 e. The van der Waals surface area contributed by atoms with E-state index in [1.807, 2.05) is 19.9 Å². The topological polar surface area (TPSA) is 26.3 Å². The molecule has 1 aromatic carbocycles. The van der Waals surface area contributed by atoms with Crippen molar-refractivity contribution in [3.8, 4) is 5.75 Å². The predicted octanol–water partition coefficient (Wildman–Crippen LogP) is 3.01. The monoisotopic (exact) mass is 212 g/mol. The summed E-state index contributed by atoms with van der Waals surface area (Å²) in [5.74, 6) is 0.767. The molecule has 2 nitrogen and oxygen atoms in total. The number of hydrogen-bond acceptors (Lipinski definition) is 2. The van der Waals surface area contributed by atoms with E-state index in [4.69, 9.17) is 16.3 Å². The molecule has 0 radical (unpaired) electrons. The molecule has 76 valence electrons. The Labute approximate surface area is 88.8 Å². The second-order valence-electron chi connectivity index (χ2n) is 3.09. The Morgan fingerprint density at radius 2 is 2.21 bits per heavy atom. The fraction of sp³-hybridized carbons (Fsp3) is 0.364. The molecular weight excluding hydrogens is 200 g/mol. The van der Waals surface area contributed by atoms with Crippen LogP contribution >= 0.6 is 11.6 Å². The van der Waals surface area contributed by atoms with Crippen LogP contribution in [0.4, 0.5) is 0 Å². The molecule has 0 amide bonds. The molecule has 14 heavy (non-hydrogen) atoms. The maximum Gasteiger partial charge on any atom is 0.169 e. The second-order valence-corrected chi connectivity index (χ2v) is 3.53. The van der Waals surface area contributed by atoms with E-state index in [9.17, 15) is 4.79 Å². The number of aryl methyl sites for hydroxylation is 1. The molecule has 0 spiro atoms. The van der Waals surface area contributed by atoms with E-state index >= 15 is 0 Å². The van der Waals surface area contributed by atoms with Crippen molar-refractivity contribution in [1.29, 1.82) is 0 Å². The predicted molar refractivity (Wildman–Crippen MR) is 57.0 cm³/mol. The summed E-state index contributed by atoms with van der Waals surface area (Å²) >= 11 is 5.80. The summed E-state index contributed by atoms with van der Waals surface area (Å²) in [4.78, 5) is 11.0. The number of halogens is 1. The third-order valence-electron chi connectivity index (χ3n) is 1.93. The van der Waals surface area contributed by atoms with Gasteiger partial charge >= 0.3 is 0 Å². The lowest BCUT2D eigenvalue weighted by Gasteiger charge is -2.07. The lowest BCUT2D eigenvalue weighted by atomic mass is 10.2. The molecule has 0 saturated heterocycles. The van der Waals surface area contributed by atoms with Crippen molar-refractivity contribution in [1.82, 2.24) is 0 Å². The summed E-state index contributed by atoms with van der Waals surface area (Å²) in [6.45, 7) is 3.86. The lowest BCUT2D eigenvalue weighted by molar-refractivity contribution is -0.120. The first-order chi connectivity index (χ1) is 6.63. The maximum atomic E-state index is 11.0. The largest absolute Gasteiger partial charge is 0.486 e. The second kappa shape index (κ2) is 5.01. The van der Waals surface area contributed by atoms with Crippen molar-refractivity contribution >= 4 is 17.4 Å². The molecule has 3 heteroatoms. The van der Waals surface area contributed by atoms with Gasteiger partial charge in [0.1, 0.15) is 12.4 Å². The minimum atomic E-state index is 0.0874. The van der Waals surface area contributed by atoms with Gasteiger partial charge in [0.2, 0.25) is 0 Å². The van der Waals surface area contributed by atoms with E-state index in [1.54, 1.807) is 12.1 Å². The van der Waals surface area contributed by atoms with E-state index in [1.165, 1.54) is 0 Å². The SMILES string of the molecule is CCC(=O)COc1cc(Cl)ccc1C. The van der Waals surface area contributed by atoms with Crippen molar-refractivity contribution in [3.05, 3.63) is 28.8 Å². The van der Waals surface area contributed by atoms with Gasteiger partial charge in [-0.15, -0.1) is 0 Å². The molecule has 0 fully saturated rings. The van der Waals surface area contributed by atoms with Crippen molar-refractivity contribution in [3.63, 3.8) is 0 Å². The summed E-state index contributed by atoms with van der Waals surface area (Å²) in [5.41, 5.74) is 0.985. The van der Waals surface area contributed by atoms with Crippen LogP contribution in [0, 0.1) is 6.92 Å². The number of benzene rings is 1. The molecule has 0 aromatic heterocycles. The first-order valence-corrected chi connectivity index (χ1v) is 4.92. The molecule has 1 rings (SSSR count). The average molecular weight is 213 g/mol. The first kappa shape index (κ1) is 11.1. The van der Waals surface area contributed by atoms with Gasteiger partial charge in [-0.3, -0.25) is 4.79 Å². The van der Waals surface area contributed by atoms with Gasteiger partial charge in [0.05, 0.1) is 0 Å². The zero-order chi connectivity index (χ0) is 10.6. The highest BCUT2D eigenvalue weighted by atomic mass is 35.5. The van der Waals surface area contributed by atoms with Crippen LogP contribution in [0.3, 0.4) is 0 Å². The number of carbonyl (C=O) groups is 1. The van der Waals surface area contributed by atoms with Crippen LogP contribution in [-0.2, 0) is 4.79 Å². The molecule has 0 N–H and O–H groups in total. The van der Waals surface area contributed by atoms with Crippen molar-refractivity contribution in [2.75, 3.05) is 6.61 Å². The van der Waals surface area contributed by atoms with Crippen LogP contribution in [0.5, 0.6) is 5.75 Å². The van der Waals surface area contributed by atoms with Gasteiger partial charge in [0, 0.05) is 11.4 Å². The maximum absolute atomic E-state index is 11.0. The molecule has 0 aliphatic heterocycles. The Morgan fingerprint density at radius 1 is 1.50 bits per heavy atom. The van der Waals surface area contributed by atoms with Crippen molar-refractivity contribution in [2.45, 2.75) is 20.3 Å². The molecule has 1 aromatic rings. The highest BCUT2D eigenvalue weighted by molar-refractivity contribution is 6.30. The van der Waals surface area contributed by atoms with Crippen molar-refractivity contribution < 1.29 is 9.53 Å². The van der Waals surface area contributed by atoms with Crippen LogP contribution in [0.15, 0.2) is 18.2 Å². The van der Waals surface area contributed by atoms with Crippen LogP contribution in [-0.4, -0.2) is 12.4 Å². The Bertz CT molecular complexity index is 334. The van der Waals surface area contributed by atoms with Gasteiger partial charge in [0.25, 0.3) is 0 Å². The fourth-order valence-corrected chi connectivity index (χ4v) is 1.15. The van der Waals surface area contributed by atoms with Crippen molar-refractivity contribution in [2.24, 2.45) is 0 Å². The number of ketones is 1. The van der Waals surface area contributed by atoms with E-state index in [-0.39, 0.29) is 12.4 Å². The summed E-state index contributed by atoms with van der Waals surface area (Å²) in [6.07, 6.45) is 0.500. The quantitative estimate of drug-likeness (QED) is 0.767. The van der Waals surface area contributed by atoms with Gasteiger partial charge in [-0.1, -0.05) is 24.6 Å². The Balaban J connectivity index is 2.66. The lowest BCUT2D eigenvalue weighted by Crippen LogP contribution is -2.10. The Hall–Kier alpha value is -1.02. The third kappa shape index (κ3) is 3.04. The molecule has 0 heterocycles. The number of hydrogen-bond donors (Lipinski definition) is 0. The number of carbonyl (C=O) groups excluding carboxylic acids is 1. The summed E-state index contributed by atoms with van der Waals surface area (Å²) in [7, 11) is 0.